The van der Waals surface area contributed by atoms with Gasteiger partial charge in [-0.15, -0.1) is 0 Å². The second-order valence-electron chi connectivity index (χ2n) is 4.93. The minimum absolute atomic E-state index is 0.181. The molecule has 0 fully saturated rings. The van der Waals surface area contributed by atoms with Gasteiger partial charge in [0.2, 0.25) is 0 Å². The van der Waals surface area contributed by atoms with E-state index in [1.807, 2.05) is 62.4 Å². The topological polar surface area (TPSA) is 53.5 Å². The molecule has 0 saturated carbocycles. The van der Waals surface area contributed by atoms with Gasteiger partial charge in [-0.25, -0.2) is 5.43 Å². The molecule has 0 aromatic heterocycles. The highest BCUT2D eigenvalue weighted by atomic mass is 16.2. The molecule has 2 aromatic rings. The number of aryl methyl sites for hydroxylation is 2. The Bertz CT molecular complexity index is 633. The molecule has 0 atom stereocenters. The number of hydrogen-bond acceptors (Lipinski definition) is 3. The molecule has 21 heavy (non-hydrogen) atoms. The third kappa shape index (κ3) is 5.10. The fourth-order valence-electron chi connectivity index (χ4n) is 1.81. The summed E-state index contributed by atoms with van der Waals surface area (Å²) >= 11 is 0. The molecule has 0 saturated heterocycles. The minimum atomic E-state index is -0.181. The normalized spacial score (nSPS) is 10.6. The van der Waals surface area contributed by atoms with Crippen LogP contribution in [0.5, 0.6) is 0 Å². The lowest BCUT2D eigenvalue weighted by Crippen LogP contribution is -2.25. The van der Waals surface area contributed by atoms with E-state index >= 15 is 0 Å². The Hall–Kier alpha value is -2.62. The summed E-state index contributed by atoms with van der Waals surface area (Å²) < 4.78 is 0. The molecule has 2 N–H and O–H groups in total. The predicted molar refractivity (Wildman–Crippen MR) is 86.6 cm³/mol. The molecule has 0 aliphatic rings. The van der Waals surface area contributed by atoms with Crippen LogP contribution in [0, 0.1) is 13.8 Å². The fraction of sp³-hybridized carbons (Fsp3) is 0.176. The maximum absolute atomic E-state index is 11.7. The fourth-order valence-corrected chi connectivity index (χ4v) is 1.81. The van der Waals surface area contributed by atoms with Crippen LogP contribution in [0.15, 0.2) is 53.6 Å². The highest BCUT2D eigenvalue weighted by Crippen LogP contribution is 2.08. The van der Waals surface area contributed by atoms with Crippen LogP contribution in [0.4, 0.5) is 5.69 Å². The maximum atomic E-state index is 11.7. The summed E-state index contributed by atoms with van der Waals surface area (Å²) in [5.41, 5.74) is 6.72. The van der Waals surface area contributed by atoms with Gasteiger partial charge < -0.3 is 5.32 Å². The Balaban J connectivity index is 1.78. The van der Waals surface area contributed by atoms with Crippen molar-refractivity contribution in [3.63, 3.8) is 0 Å². The van der Waals surface area contributed by atoms with E-state index in [9.17, 15) is 4.79 Å². The number of amides is 1. The van der Waals surface area contributed by atoms with Crippen LogP contribution >= 0.6 is 0 Å². The molecule has 1 amide bonds. The van der Waals surface area contributed by atoms with Crippen molar-refractivity contribution in [2.45, 2.75) is 13.8 Å². The van der Waals surface area contributed by atoms with E-state index < -0.39 is 0 Å². The van der Waals surface area contributed by atoms with Gasteiger partial charge >= 0.3 is 0 Å². The zero-order chi connectivity index (χ0) is 15.1. The standard InChI is InChI=1S/C17H19N3O/c1-13-6-8-15(9-7-13)11-19-20-17(21)12-18-16-5-3-4-14(2)10-16/h3-11,18H,12H2,1-2H3,(H,20,21). The zero-order valence-electron chi connectivity index (χ0n) is 12.3. The van der Waals surface area contributed by atoms with Crippen molar-refractivity contribution in [1.82, 2.24) is 5.43 Å². The molecule has 2 aromatic carbocycles. The highest BCUT2D eigenvalue weighted by Gasteiger charge is 1.99. The maximum Gasteiger partial charge on any atom is 0.259 e. The average molecular weight is 281 g/mol. The van der Waals surface area contributed by atoms with E-state index in [-0.39, 0.29) is 12.5 Å². The van der Waals surface area contributed by atoms with Crippen molar-refractivity contribution in [2.24, 2.45) is 5.10 Å². The third-order valence-corrected chi connectivity index (χ3v) is 2.95. The lowest BCUT2D eigenvalue weighted by Gasteiger charge is -2.05. The summed E-state index contributed by atoms with van der Waals surface area (Å²) in [4.78, 5) is 11.7. The number of anilines is 1. The molecular formula is C17H19N3O. The summed E-state index contributed by atoms with van der Waals surface area (Å²) in [6, 6.07) is 15.8. The van der Waals surface area contributed by atoms with Crippen molar-refractivity contribution < 1.29 is 4.79 Å². The zero-order valence-corrected chi connectivity index (χ0v) is 12.3. The molecule has 0 radical (unpaired) electrons. The quantitative estimate of drug-likeness (QED) is 0.654. The number of nitrogens with one attached hydrogen (secondary N) is 2. The third-order valence-electron chi connectivity index (χ3n) is 2.95. The van der Waals surface area contributed by atoms with Crippen LogP contribution in [-0.2, 0) is 4.79 Å². The lowest BCUT2D eigenvalue weighted by atomic mass is 10.2. The smallest absolute Gasteiger partial charge is 0.259 e. The predicted octanol–water partition coefficient (Wildman–Crippen LogP) is 2.87. The van der Waals surface area contributed by atoms with Gasteiger partial charge in [-0.2, -0.15) is 5.10 Å². The van der Waals surface area contributed by atoms with Crippen molar-refractivity contribution in [3.8, 4) is 0 Å². The molecule has 0 heterocycles. The minimum Gasteiger partial charge on any atom is -0.376 e. The molecule has 0 bridgehead atoms. The van der Waals surface area contributed by atoms with Crippen LogP contribution in [0.3, 0.4) is 0 Å². The first-order chi connectivity index (χ1) is 10.1. The molecule has 0 aliphatic heterocycles. The average Bonchev–Trinajstić information content (AvgIpc) is 2.47. The molecule has 0 aliphatic carbocycles. The number of hydrogen-bond donors (Lipinski definition) is 2. The largest absolute Gasteiger partial charge is 0.376 e. The van der Waals surface area contributed by atoms with Gasteiger partial charge in [0.05, 0.1) is 12.8 Å². The Morgan fingerprint density at radius 1 is 1.10 bits per heavy atom. The number of carbonyl (C=O) groups is 1. The van der Waals surface area contributed by atoms with Crippen LogP contribution < -0.4 is 10.7 Å². The second-order valence-corrected chi connectivity index (χ2v) is 4.93. The second kappa shape index (κ2) is 7.24. The Kier molecular flexibility index (Phi) is 5.10. The van der Waals surface area contributed by atoms with Crippen molar-refractivity contribution in [3.05, 3.63) is 65.2 Å². The van der Waals surface area contributed by atoms with Gasteiger partial charge in [0, 0.05) is 5.69 Å². The molecule has 108 valence electrons. The van der Waals surface area contributed by atoms with Gasteiger partial charge in [0.1, 0.15) is 0 Å². The number of benzene rings is 2. The highest BCUT2D eigenvalue weighted by molar-refractivity contribution is 5.84. The van der Waals surface area contributed by atoms with Gasteiger partial charge in [-0.05, 0) is 37.1 Å². The summed E-state index contributed by atoms with van der Waals surface area (Å²) in [5.74, 6) is -0.181. The SMILES string of the molecule is Cc1ccc(C=NNC(=O)CNc2cccc(C)c2)cc1. The van der Waals surface area contributed by atoms with Crippen LogP contribution in [0.1, 0.15) is 16.7 Å². The van der Waals surface area contributed by atoms with Gasteiger partial charge in [-0.3, -0.25) is 4.79 Å². The number of rotatable bonds is 5. The van der Waals surface area contributed by atoms with E-state index in [1.54, 1.807) is 6.21 Å². The van der Waals surface area contributed by atoms with E-state index in [2.05, 4.69) is 15.8 Å². The van der Waals surface area contributed by atoms with E-state index in [0.717, 1.165) is 16.8 Å². The van der Waals surface area contributed by atoms with E-state index in [1.165, 1.54) is 5.56 Å². The van der Waals surface area contributed by atoms with Gasteiger partial charge in [-0.1, -0.05) is 42.0 Å². The van der Waals surface area contributed by atoms with Crippen molar-refractivity contribution in [1.29, 1.82) is 0 Å². The van der Waals surface area contributed by atoms with E-state index in [4.69, 9.17) is 0 Å². The van der Waals surface area contributed by atoms with Gasteiger partial charge in [0.15, 0.2) is 0 Å². The number of hydrazone groups is 1. The van der Waals surface area contributed by atoms with E-state index in [0.29, 0.717) is 0 Å². The first kappa shape index (κ1) is 14.8. The molecular weight excluding hydrogens is 262 g/mol. The molecule has 0 unspecified atom stereocenters. The monoisotopic (exact) mass is 281 g/mol. The summed E-state index contributed by atoms with van der Waals surface area (Å²) in [6.07, 6.45) is 1.63. The first-order valence-corrected chi connectivity index (χ1v) is 6.82. The molecule has 2 rings (SSSR count). The first-order valence-electron chi connectivity index (χ1n) is 6.82. The Morgan fingerprint density at radius 3 is 2.57 bits per heavy atom. The van der Waals surface area contributed by atoms with Crippen LogP contribution in [0.25, 0.3) is 0 Å². The van der Waals surface area contributed by atoms with Gasteiger partial charge in [0.25, 0.3) is 5.91 Å². The van der Waals surface area contributed by atoms with Crippen LogP contribution in [-0.4, -0.2) is 18.7 Å². The molecule has 0 spiro atoms. The Morgan fingerprint density at radius 2 is 1.86 bits per heavy atom. The van der Waals surface area contributed by atoms with Crippen molar-refractivity contribution in [2.75, 3.05) is 11.9 Å². The van der Waals surface area contributed by atoms with Crippen LogP contribution in [0.2, 0.25) is 0 Å². The lowest BCUT2D eigenvalue weighted by molar-refractivity contribution is -0.119. The number of carbonyl (C=O) groups excluding carboxylic acids is 1. The van der Waals surface area contributed by atoms with Crippen molar-refractivity contribution >= 4 is 17.8 Å². The molecule has 4 nitrogen and oxygen atoms in total. The number of nitrogens with zero attached hydrogens (tertiary/aromatic N) is 1. The summed E-state index contributed by atoms with van der Waals surface area (Å²) in [7, 11) is 0. The summed E-state index contributed by atoms with van der Waals surface area (Å²) in [6.45, 7) is 4.23. The Labute approximate surface area is 124 Å². The summed E-state index contributed by atoms with van der Waals surface area (Å²) in [5, 5.41) is 6.99. The molecule has 4 heteroatoms.